The molecule has 31 heavy (non-hydrogen) atoms. The van der Waals surface area contributed by atoms with Crippen LogP contribution in [0.2, 0.25) is 0 Å². The molecule has 0 aromatic heterocycles. The molecule has 1 amide bonds. The molecule has 7 nitrogen and oxygen atoms in total. The van der Waals surface area contributed by atoms with Crippen LogP contribution in [-0.2, 0) is 24.2 Å². The zero-order valence-corrected chi connectivity index (χ0v) is 18.3. The lowest BCUT2D eigenvalue weighted by molar-refractivity contribution is -0.147. The van der Waals surface area contributed by atoms with Gasteiger partial charge in [0.15, 0.2) is 16.4 Å². The topological polar surface area (TPSA) is 90.0 Å². The Morgan fingerprint density at radius 2 is 1.87 bits per heavy atom. The smallest absolute Gasteiger partial charge is 0.339 e. The number of carbonyl (C=O) groups excluding carboxylic acids is 2. The van der Waals surface area contributed by atoms with Crippen molar-refractivity contribution in [1.82, 2.24) is 4.90 Å². The van der Waals surface area contributed by atoms with Crippen LogP contribution in [0, 0.1) is 0 Å². The van der Waals surface area contributed by atoms with Gasteiger partial charge in [0.1, 0.15) is 5.75 Å². The summed E-state index contributed by atoms with van der Waals surface area (Å²) in [5.41, 5.74) is 1.69. The summed E-state index contributed by atoms with van der Waals surface area (Å²) in [6, 6.07) is 15.9. The van der Waals surface area contributed by atoms with Crippen LogP contribution in [0.15, 0.2) is 54.6 Å². The maximum Gasteiger partial charge on any atom is 0.339 e. The average Bonchev–Trinajstić information content (AvgIpc) is 3.15. The van der Waals surface area contributed by atoms with E-state index in [0.717, 1.165) is 5.56 Å². The second kappa shape index (κ2) is 9.78. The number of nitrogens with zero attached hydrogens (tertiary/aromatic N) is 1. The lowest BCUT2D eigenvalue weighted by atomic mass is 10.0. The molecule has 2 aromatic carbocycles. The predicted molar refractivity (Wildman–Crippen MR) is 118 cm³/mol. The predicted octanol–water partition coefficient (Wildman–Crippen LogP) is 2.42. The van der Waals surface area contributed by atoms with Crippen LogP contribution in [0.4, 0.5) is 0 Å². The molecule has 1 aliphatic heterocycles. The molecular weight excluding hydrogens is 418 g/mol. The summed E-state index contributed by atoms with van der Waals surface area (Å²) in [7, 11) is -0.0201. The van der Waals surface area contributed by atoms with E-state index in [1.165, 1.54) is 11.9 Å². The highest BCUT2D eigenvalue weighted by molar-refractivity contribution is 7.91. The van der Waals surface area contributed by atoms with Crippen molar-refractivity contribution >= 4 is 33.4 Å². The fourth-order valence-corrected chi connectivity index (χ4v) is 5.14. The van der Waals surface area contributed by atoms with Crippen LogP contribution in [0.5, 0.6) is 5.75 Å². The van der Waals surface area contributed by atoms with Gasteiger partial charge >= 0.3 is 5.97 Å². The molecule has 1 unspecified atom stereocenters. The number of hydrogen-bond donors (Lipinski definition) is 0. The van der Waals surface area contributed by atoms with Crippen molar-refractivity contribution in [2.24, 2.45) is 0 Å². The van der Waals surface area contributed by atoms with E-state index in [4.69, 9.17) is 9.47 Å². The first-order valence-corrected chi connectivity index (χ1v) is 11.7. The first-order chi connectivity index (χ1) is 14.8. The van der Waals surface area contributed by atoms with Gasteiger partial charge in [-0.3, -0.25) is 4.79 Å². The lowest BCUT2D eigenvalue weighted by Gasteiger charge is -2.23. The first-order valence-electron chi connectivity index (χ1n) is 9.83. The maximum absolute atomic E-state index is 12.9. The quantitative estimate of drug-likeness (QED) is 0.371. The number of likely N-dealkylation sites (N-methyl/N-ethyl adjacent to an activating group) is 1. The second-order valence-corrected chi connectivity index (χ2v) is 9.57. The maximum atomic E-state index is 12.9. The summed E-state index contributed by atoms with van der Waals surface area (Å²) in [6.07, 6.45) is 2.07. The number of carbonyl (C=O) groups is 2. The Labute approximate surface area is 182 Å². The van der Waals surface area contributed by atoms with E-state index >= 15 is 0 Å². The highest BCUT2D eigenvalue weighted by atomic mass is 32.2. The Kier molecular flexibility index (Phi) is 7.12. The fourth-order valence-electron chi connectivity index (χ4n) is 3.37. The van der Waals surface area contributed by atoms with Gasteiger partial charge in [-0.1, -0.05) is 42.5 Å². The number of hydrogen-bond acceptors (Lipinski definition) is 6. The van der Waals surface area contributed by atoms with E-state index < -0.39 is 34.4 Å². The molecule has 0 radical (unpaired) electrons. The van der Waals surface area contributed by atoms with Crippen molar-refractivity contribution in [1.29, 1.82) is 0 Å². The molecule has 0 aliphatic carbocycles. The van der Waals surface area contributed by atoms with Gasteiger partial charge in [0.2, 0.25) is 0 Å². The Hall–Kier alpha value is -3.13. The molecule has 2 aromatic rings. The third-order valence-corrected chi connectivity index (χ3v) is 6.94. The minimum absolute atomic E-state index is 0.0613. The molecule has 1 heterocycles. The van der Waals surface area contributed by atoms with E-state index in [0.29, 0.717) is 23.3 Å². The second-order valence-electron chi connectivity index (χ2n) is 7.34. The molecule has 3 rings (SSSR count). The lowest BCUT2D eigenvalue weighted by Crippen LogP contribution is -2.40. The standard InChI is InChI=1S/C23H25NO6S/c1-24(19-11-12-31(27,28)16-19)22(25)15-30-23(26)21(18-8-4-3-5-9-18)14-17-7-6-10-20(13-17)29-2/h3-10,13-14,19H,11-12,15-16H2,1-2H3/b21-14+. The Morgan fingerprint density at radius 1 is 1.13 bits per heavy atom. The monoisotopic (exact) mass is 443 g/mol. The van der Waals surface area contributed by atoms with Crippen LogP contribution in [0.3, 0.4) is 0 Å². The van der Waals surface area contributed by atoms with Gasteiger partial charge in [-0.05, 0) is 35.8 Å². The normalized spacial score (nSPS) is 17.7. The SMILES string of the molecule is COc1cccc(/C=C(/C(=O)OCC(=O)N(C)C2CCS(=O)(=O)C2)c2ccccc2)c1. The number of rotatable bonds is 7. The zero-order chi connectivity index (χ0) is 22.4. The van der Waals surface area contributed by atoms with Gasteiger partial charge in [-0.15, -0.1) is 0 Å². The van der Waals surface area contributed by atoms with Gasteiger partial charge in [-0.25, -0.2) is 13.2 Å². The average molecular weight is 444 g/mol. The third kappa shape index (κ3) is 5.95. The number of benzene rings is 2. The van der Waals surface area contributed by atoms with Crippen LogP contribution in [0.1, 0.15) is 17.5 Å². The molecule has 0 spiro atoms. The van der Waals surface area contributed by atoms with Gasteiger partial charge in [0.05, 0.1) is 24.2 Å². The molecule has 8 heteroatoms. The van der Waals surface area contributed by atoms with E-state index in [1.807, 2.05) is 30.3 Å². The molecule has 1 fully saturated rings. The van der Waals surface area contributed by atoms with E-state index in [2.05, 4.69) is 0 Å². The summed E-state index contributed by atoms with van der Waals surface area (Å²) in [6.45, 7) is -0.464. The van der Waals surface area contributed by atoms with Crippen molar-refractivity contribution < 1.29 is 27.5 Å². The zero-order valence-electron chi connectivity index (χ0n) is 17.5. The number of amides is 1. The molecule has 1 atom stereocenters. The van der Waals surface area contributed by atoms with Crippen molar-refractivity contribution in [2.45, 2.75) is 12.5 Å². The van der Waals surface area contributed by atoms with Crippen molar-refractivity contribution in [3.05, 3.63) is 65.7 Å². The third-order valence-electron chi connectivity index (χ3n) is 5.19. The highest BCUT2D eigenvalue weighted by Crippen LogP contribution is 2.22. The Morgan fingerprint density at radius 3 is 2.52 bits per heavy atom. The minimum atomic E-state index is -3.12. The molecule has 0 N–H and O–H groups in total. The number of sulfone groups is 1. The van der Waals surface area contributed by atoms with Crippen LogP contribution in [-0.4, -0.2) is 63.5 Å². The van der Waals surface area contributed by atoms with Gasteiger partial charge in [0, 0.05) is 13.1 Å². The molecule has 1 aliphatic rings. The summed E-state index contributed by atoms with van der Waals surface area (Å²) in [4.78, 5) is 26.7. The molecule has 0 saturated carbocycles. The van der Waals surface area contributed by atoms with Crippen LogP contribution < -0.4 is 4.74 Å². The van der Waals surface area contributed by atoms with E-state index in [9.17, 15) is 18.0 Å². The van der Waals surface area contributed by atoms with Gasteiger partial charge in [-0.2, -0.15) is 0 Å². The fraction of sp³-hybridized carbons (Fsp3) is 0.304. The summed E-state index contributed by atoms with van der Waals surface area (Å²) >= 11 is 0. The molecule has 164 valence electrons. The van der Waals surface area contributed by atoms with E-state index in [-0.39, 0.29) is 11.5 Å². The van der Waals surface area contributed by atoms with Crippen LogP contribution >= 0.6 is 0 Å². The van der Waals surface area contributed by atoms with Gasteiger partial charge in [0.25, 0.3) is 5.91 Å². The summed E-state index contributed by atoms with van der Waals surface area (Å²) in [5.74, 6) is -0.429. The Balaban J connectivity index is 1.74. The van der Waals surface area contributed by atoms with Crippen molar-refractivity contribution in [3.63, 3.8) is 0 Å². The molecule has 1 saturated heterocycles. The Bertz CT molecular complexity index is 1080. The minimum Gasteiger partial charge on any atom is -0.497 e. The number of esters is 1. The van der Waals surface area contributed by atoms with Crippen molar-refractivity contribution in [3.8, 4) is 5.75 Å². The molecule has 0 bridgehead atoms. The first kappa shape index (κ1) is 22.6. The highest BCUT2D eigenvalue weighted by Gasteiger charge is 2.33. The van der Waals surface area contributed by atoms with Gasteiger partial charge < -0.3 is 14.4 Å². The number of ether oxygens (including phenoxy) is 2. The number of methoxy groups -OCH3 is 1. The largest absolute Gasteiger partial charge is 0.497 e. The van der Waals surface area contributed by atoms with Crippen molar-refractivity contribution in [2.75, 3.05) is 32.3 Å². The van der Waals surface area contributed by atoms with E-state index in [1.54, 1.807) is 37.5 Å². The van der Waals surface area contributed by atoms with Crippen LogP contribution in [0.25, 0.3) is 11.6 Å². The summed E-state index contributed by atoms with van der Waals surface area (Å²) in [5, 5.41) is 0. The summed E-state index contributed by atoms with van der Waals surface area (Å²) < 4.78 is 33.9. The molecular formula is C23H25NO6S.